The van der Waals surface area contributed by atoms with Gasteiger partial charge in [-0.05, 0) is 66.7 Å². The Morgan fingerprint density at radius 1 is 0.951 bits per heavy atom. The van der Waals surface area contributed by atoms with E-state index >= 15 is 0 Å². The zero-order chi connectivity index (χ0) is 31.9. The van der Waals surface area contributed by atoms with Crippen molar-refractivity contribution in [3.8, 4) is 11.1 Å². The summed E-state index contributed by atoms with van der Waals surface area (Å²) in [5.74, 6) is 1.67. The summed E-state index contributed by atoms with van der Waals surface area (Å²) >= 11 is 0. The van der Waals surface area contributed by atoms with E-state index in [4.69, 9.17) is 17.4 Å². The number of pyridine rings is 2. The number of aryl methyl sites for hydroxylation is 1. The third-order valence-corrected chi connectivity index (χ3v) is 7.03. The molecule has 0 radical (unpaired) electrons. The minimum absolute atomic E-state index is 0. The van der Waals surface area contributed by atoms with Crippen LogP contribution in [0.25, 0.3) is 11.1 Å². The van der Waals surface area contributed by atoms with Crippen LogP contribution in [0.4, 0.5) is 34.4 Å². The summed E-state index contributed by atoms with van der Waals surface area (Å²) in [5.41, 5.74) is 8.28. The molecule has 0 bridgehead atoms. The zero-order valence-corrected chi connectivity index (χ0v) is 25.8. The monoisotopic (exact) mass is 726 g/mol. The van der Waals surface area contributed by atoms with Gasteiger partial charge in [0.25, 0.3) is 0 Å². The molecule has 41 heavy (non-hydrogen) atoms. The van der Waals surface area contributed by atoms with E-state index in [0.29, 0.717) is 34.4 Å². The topological polar surface area (TPSA) is 71.3 Å². The van der Waals surface area contributed by atoms with Crippen LogP contribution >= 0.6 is 0 Å². The smallest absolute Gasteiger partial charge is 0.513 e. The predicted molar refractivity (Wildman–Crippen MR) is 162 cm³/mol. The van der Waals surface area contributed by atoms with Gasteiger partial charge in [-0.2, -0.15) is 13.3 Å². The number of hydrogen-bond acceptors (Lipinski definition) is 7. The minimum Gasteiger partial charge on any atom is -0.513 e. The molecule has 6 rings (SSSR count). The molecule has 4 heterocycles. The Bertz CT molecular complexity index is 1680. The number of anilines is 6. The molecule has 0 spiro atoms. The fourth-order valence-electron chi connectivity index (χ4n) is 5.23. The van der Waals surface area contributed by atoms with E-state index in [1.54, 1.807) is 42.8 Å². The van der Waals surface area contributed by atoms with Crippen molar-refractivity contribution in [2.75, 3.05) is 27.0 Å². The van der Waals surface area contributed by atoms with Crippen LogP contribution in [0.3, 0.4) is 0 Å². The quantitative estimate of drug-likeness (QED) is 0.209. The number of benzene rings is 2. The van der Waals surface area contributed by atoms with Crippen LogP contribution in [-0.4, -0.2) is 16.9 Å². The summed E-state index contributed by atoms with van der Waals surface area (Å²) in [7, 11) is 0. The van der Waals surface area contributed by atoms with E-state index in [1.807, 2.05) is 17.0 Å². The first kappa shape index (κ1) is 24.9. The molecule has 0 unspecified atom stereocenters. The van der Waals surface area contributed by atoms with Gasteiger partial charge in [0.2, 0.25) is 0 Å². The van der Waals surface area contributed by atoms with Crippen molar-refractivity contribution in [3.63, 3.8) is 0 Å². The Hall–Kier alpha value is -3.88. The van der Waals surface area contributed by atoms with Gasteiger partial charge in [-0.25, -0.2) is 9.97 Å². The van der Waals surface area contributed by atoms with Crippen molar-refractivity contribution in [2.45, 2.75) is 46.5 Å². The van der Waals surface area contributed by atoms with Gasteiger partial charge < -0.3 is 31.8 Å². The fraction of sp³-hybridized carbons (Fsp3) is 0.242. The zero-order valence-electron chi connectivity index (χ0n) is 27.5. The van der Waals surface area contributed by atoms with Crippen molar-refractivity contribution >= 4 is 34.4 Å². The van der Waals surface area contributed by atoms with Crippen molar-refractivity contribution in [3.05, 3.63) is 104 Å². The molecule has 7 nitrogen and oxygen atoms in total. The van der Waals surface area contributed by atoms with E-state index in [-0.39, 0.29) is 32.9 Å². The molecule has 0 saturated heterocycles. The van der Waals surface area contributed by atoms with Crippen LogP contribution in [0.1, 0.15) is 60.3 Å². The van der Waals surface area contributed by atoms with Crippen LogP contribution in [0.5, 0.6) is 0 Å². The van der Waals surface area contributed by atoms with Gasteiger partial charge >= 0.3 is 21.1 Å². The molecule has 210 valence electrons. The van der Waals surface area contributed by atoms with Crippen molar-refractivity contribution in [1.82, 2.24) is 9.97 Å². The third-order valence-electron chi connectivity index (χ3n) is 7.03. The second-order valence-electron chi connectivity index (χ2n) is 10.4. The number of fused-ring (bicyclic) bond motifs is 2. The summed E-state index contributed by atoms with van der Waals surface area (Å²) < 4.78 is 33.0. The number of aromatic nitrogens is 2. The Labute approximate surface area is 263 Å². The Morgan fingerprint density at radius 2 is 1.56 bits per heavy atom. The van der Waals surface area contributed by atoms with Crippen LogP contribution in [0, 0.1) is 38.2 Å². The van der Waals surface area contributed by atoms with Gasteiger partial charge in [0.15, 0.2) is 0 Å². The molecule has 0 saturated carbocycles. The summed E-state index contributed by atoms with van der Waals surface area (Å²) in [5, 5.41) is 7.54. The van der Waals surface area contributed by atoms with Crippen LogP contribution in [0.15, 0.2) is 60.9 Å². The summed E-state index contributed by atoms with van der Waals surface area (Å²) in [6.07, 6.45) is 3.37. The third kappa shape index (κ3) is 5.54. The van der Waals surface area contributed by atoms with E-state index < -0.39 is 6.98 Å². The van der Waals surface area contributed by atoms with E-state index in [9.17, 15) is 0 Å². The summed E-state index contributed by atoms with van der Waals surface area (Å²) in [6, 6.07) is 19.3. The number of hydrogen-bond donors (Lipinski definition) is 1. The number of nitrogens with zero attached hydrogens (tertiary/aromatic N) is 6. The molecule has 2 aromatic carbocycles. The average Bonchev–Trinajstić information content (AvgIpc) is 3.56. The van der Waals surface area contributed by atoms with Gasteiger partial charge in [-0.3, -0.25) is 0 Å². The Morgan fingerprint density at radius 3 is 2.20 bits per heavy atom. The molecular weight excluding hydrogens is 689 g/mol. The molecule has 1 N–H and O–H groups in total. The van der Waals surface area contributed by atoms with Crippen molar-refractivity contribution < 1.29 is 26.6 Å². The second kappa shape index (κ2) is 12.3. The molecular formula is C33H33N7Pt. The van der Waals surface area contributed by atoms with Crippen LogP contribution in [-0.2, 0) is 21.1 Å². The Balaban J connectivity index is 0.00000151. The first-order chi connectivity index (χ1) is 20.9. The predicted octanol–water partition coefficient (Wildman–Crippen LogP) is 7.98. The Kier molecular flexibility index (Phi) is 7.48. The minimum atomic E-state index is -2.39. The van der Waals surface area contributed by atoms with Gasteiger partial charge in [0.1, 0.15) is 13.0 Å². The molecule has 0 aliphatic carbocycles. The SMILES string of the molecule is [2H]N1[CH-]N(c2[c-]c(N3[CH-]N(C([2H])([2H])[2H])c4cccnc43)cc(-c3c(C(C)C)cc(C)cc3C(C)C)c2)c2ncccc21.[C-]#N.[Pt+4]. The standard InChI is InChI=1S/C32H33N6.CN.Pt/c1-20(2)26-13-22(5)14-27(21(3)4)30(26)23-15-24(37-18-35-28-9-7-11-33-31(28)37)17-25(16-23)38-19-36(6)29-10-8-12-34-32(29)38;1-2;/h7-16,18-21,35H,1-6H3;;/q-3;-1;+4/i6D3;;/hD. The van der Waals surface area contributed by atoms with Crippen molar-refractivity contribution in [2.24, 2.45) is 0 Å². The number of rotatable bonds is 5. The average molecular weight is 727 g/mol. The van der Waals surface area contributed by atoms with E-state index in [1.165, 1.54) is 26.9 Å². The molecule has 0 fully saturated rings. The molecule has 4 aromatic rings. The first-order valence-corrected chi connectivity index (χ1v) is 13.1. The molecule has 2 aliphatic heterocycles. The molecule has 2 aromatic heterocycles. The molecule has 8 heteroatoms. The summed E-state index contributed by atoms with van der Waals surface area (Å²) in [4.78, 5) is 14.0. The fourth-order valence-corrected chi connectivity index (χ4v) is 5.23. The first-order valence-electron chi connectivity index (χ1n) is 15.1. The van der Waals surface area contributed by atoms with E-state index in [2.05, 4.69) is 74.9 Å². The maximum Gasteiger partial charge on any atom is 4.00 e. The van der Waals surface area contributed by atoms with Gasteiger partial charge in [-0.15, -0.1) is 35.1 Å². The maximum atomic E-state index is 8.51. The molecule has 0 atom stereocenters. The van der Waals surface area contributed by atoms with E-state index in [0.717, 1.165) is 11.1 Å². The van der Waals surface area contributed by atoms with Gasteiger partial charge in [0, 0.05) is 27.9 Å². The second-order valence-corrected chi connectivity index (χ2v) is 10.4. The van der Waals surface area contributed by atoms with Gasteiger partial charge in [0.05, 0.1) is 0 Å². The molecule has 0 amide bonds. The normalized spacial score (nSPS) is 15.3. The number of nitrogens with one attached hydrogen (secondary N) is 1. The van der Waals surface area contributed by atoms with Crippen LogP contribution < -0.4 is 20.0 Å². The molecule has 2 aliphatic rings. The van der Waals surface area contributed by atoms with Crippen LogP contribution in [0.2, 0.25) is 1.41 Å². The van der Waals surface area contributed by atoms with Crippen molar-refractivity contribution in [1.29, 1.82) is 5.26 Å². The summed E-state index contributed by atoms with van der Waals surface area (Å²) in [6.45, 7) is 16.5. The maximum absolute atomic E-state index is 8.51. The largest absolute Gasteiger partial charge is 4.00 e. The van der Waals surface area contributed by atoms with Gasteiger partial charge in [-0.1, -0.05) is 45.4 Å².